The largest absolute Gasteiger partial charge is 0.398 e. The van der Waals surface area contributed by atoms with Gasteiger partial charge in [-0.25, -0.2) is 9.97 Å². The average molecular weight is 307 g/mol. The molecule has 23 heavy (non-hydrogen) atoms. The van der Waals surface area contributed by atoms with E-state index in [0.717, 1.165) is 27.6 Å². The summed E-state index contributed by atoms with van der Waals surface area (Å²) in [5.74, 6) is 0.0307. The SMILES string of the molecule is CNc1ncc2cc(-c3c(C)ccc(C(N)=O)c3N)ccc2n1. The van der Waals surface area contributed by atoms with Crippen LogP contribution in [0, 0.1) is 6.92 Å². The third-order valence-corrected chi connectivity index (χ3v) is 3.81. The summed E-state index contributed by atoms with van der Waals surface area (Å²) >= 11 is 0. The number of aromatic nitrogens is 2. The topological polar surface area (TPSA) is 107 Å². The van der Waals surface area contributed by atoms with Crippen LogP contribution in [-0.4, -0.2) is 22.9 Å². The highest BCUT2D eigenvalue weighted by molar-refractivity contribution is 6.02. The van der Waals surface area contributed by atoms with E-state index in [1.54, 1.807) is 19.3 Å². The molecule has 1 aromatic heterocycles. The summed E-state index contributed by atoms with van der Waals surface area (Å²) in [5, 5.41) is 3.80. The van der Waals surface area contributed by atoms with Gasteiger partial charge < -0.3 is 16.8 Å². The van der Waals surface area contributed by atoms with Gasteiger partial charge in [0, 0.05) is 24.2 Å². The van der Waals surface area contributed by atoms with Crippen molar-refractivity contribution in [2.45, 2.75) is 6.92 Å². The second kappa shape index (κ2) is 5.57. The molecule has 0 saturated carbocycles. The molecule has 0 aliphatic rings. The molecule has 3 aromatic rings. The van der Waals surface area contributed by atoms with E-state index in [2.05, 4.69) is 15.3 Å². The monoisotopic (exact) mass is 307 g/mol. The average Bonchev–Trinajstić information content (AvgIpc) is 2.54. The van der Waals surface area contributed by atoms with Crippen LogP contribution in [0.15, 0.2) is 36.5 Å². The number of carbonyl (C=O) groups excluding carboxylic acids is 1. The molecule has 0 unspecified atom stereocenters. The maximum Gasteiger partial charge on any atom is 0.250 e. The van der Waals surface area contributed by atoms with Gasteiger partial charge in [0.15, 0.2) is 0 Å². The molecule has 6 nitrogen and oxygen atoms in total. The van der Waals surface area contributed by atoms with Crippen molar-refractivity contribution in [3.05, 3.63) is 47.7 Å². The zero-order valence-corrected chi connectivity index (χ0v) is 12.9. The number of nitrogens with one attached hydrogen (secondary N) is 1. The Morgan fingerprint density at radius 2 is 2.00 bits per heavy atom. The van der Waals surface area contributed by atoms with Crippen LogP contribution in [-0.2, 0) is 0 Å². The number of hydrogen-bond acceptors (Lipinski definition) is 5. The van der Waals surface area contributed by atoms with Gasteiger partial charge in [0.2, 0.25) is 5.95 Å². The van der Waals surface area contributed by atoms with Crippen molar-refractivity contribution in [1.29, 1.82) is 0 Å². The predicted molar refractivity (Wildman–Crippen MR) is 92.2 cm³/mol. The van der Waals surface area contributed by atoms with E-state index in [9.17, 15) is 4.79 Å². The van der Waals surface area contributed by atoms with E-state index in [-0.39, 0.29) is 0 Å². The summed E-state index contributed by atoms with van der Waals surface area (Å²) in [5.41, 5.74) is 15.8. The third-order valence-electron chi connectivity index (χ3n) is 3.81. The fourth-order valence-electron chi connectivity index (χ4n) is 2.64. The number of nitrogens with zero attached hydrogens (tertiary/aromatic N) is 2. The number of nitrogen functional groups attached to an aromatic ring is 1. The van der Waals surface area contributed by atoms with Gasteiger partial charge in [0.05, 0.1) is 16.8 Å². The molecule has 6 heteroatoms. The summed E-state index contributed by atoms with van der Waals surface area (Å²) in [6, 6.07) is 9.29. The zero-order chi connectivity index (χ0) is 16.6. The van der Waals surface area contributed by atoms with Crippen molar-refractivity contribution in [2.24, 2.45) is 5.73 Å². The number of rotatable bonds is 3. The Kier molecular flexibility index (Phi) is 3.57. The van der Waals surface area contributed by atoms with Gasteiger partial charge in [-0.05, 0) is 36.2 Å². The lowest BCUT2D eigenvalue weighted by atomic mass is 9.94. The molecule has 0 radical (unpaired) electrons. The van der Waals surface area contributed by atoms with E-state index >= 15 is 0 Å². The Labute approximate surface area is 133 Å². The van der Waals surface area contributed by atoms with Crippen molar-refractivity contribution in [3.63, 3.8) is 0 Å². The molecule has 5 N–H and O–H groups in total. The molecule has 1 heterocycles. The molecule has 0 saturated heterocycles. The highest BCUT2D eigenvalue weighted by atomic mass is 16.1. The van der Waals surface area contributed by atoms with E-state index < -0.39 is 5.91 Å². The maximum absolute atomic E-state index is 11.5. The first-order valence-electron chi connectivity index (χ1n) is 7.15. The van der Waals surface area contributed by atoms with Crippen LogP contribution < -0.4 is 16.8 Å². The van der Waals surface area contributed by atoms with E-state index in [1.165, 1.54) is 0 Å². The maximum atomic E-state index is 11.5. The van der Waals surface area contributed by atoms with Crippen molar-refractivity contribution in [2.75, 3.05) is 18.1 Å². The second-order valence-electron chi connectivity index (χ2n) is 5.30. The van der Waals surface area contributed by atoms with Crippen LogP contribution in [0.25, 0.3) is 22.0 Å². The number of amides is 1. The number of nitrogens with two attached hydrogens (primary N) is 2. The van der Waals surface area contributed by atoms with Gasteiger partial charge in [0.1, 0.15) is 0 Å². The zero-order valence-electron chi connectivity index (χ0n) is 12.9. The summed E-state index contributed by atoms with van der Waals surface area (Å²) in [4.78, 5) is 20.1. The molecule has 0 bridgehead atoms. The van der Waals surface area contributed by atoms with Crippen molar-refractivity contribution < 1.29 is 4.79 Å². The minimum atomic E-state index is -0.536. The minimum Gasteiger partial charge on any atom is -0.398 e. The van der Waals surface area contributed by atoms with Crippen molar-refractivity contribution in [3.8, 4) is 11.1 Å². The van der Waals surface area contributed by atoms with Gasteiger partial charge >= 0.3 is 0 Å². The van der Waals surface area contributed by atoms with Gasteiger partial charge in [-0.1, -0.05) is 12.1 Å². The lowest BCUT2D eigenvalue weighted by Crippen LogP contribution is -2.14. The number of aryl methyl sites for hydroxylation is 1. The molecular formula is C17H17N5O. The Balaban J connectivity index is 2.21. The second-order valence-corrected chi connectivity index (χ2v) is 5.30. The van der Waals surface area contributed by atoms with E-state index in [1.807, 2.05) is 31.2 Å². The van der Waals surface area contributed by atoms with Crippen molar-refractivity contribution >= 4 is 28.4 Å². The number of fused-ring (bicyclic) bond motifs is 1. The van der Waals surface area contributed by atoms with E-state index in [4.69, 9.17) is 11.5 Å². The van der Waals surface area contributed by atoms with Crippen molar-refractivity contribution in [1.82, 2.24) is 9.97 Å². The molecule has 0 aliphatic heterocycles. The number of primary amides is 1. The summed E-state index contributed by atoms with van der Waals surface area (Å²) in [6.45, 7) is 1.95. The lowest BCUT2D eigenvalue weighted by Gasteiger charge is -2.13. The molecular weight excluding hydrogens is 290 g/mol. The quantitative estimate of drug-likeness (QED) is 0.644. The normalized spacial score (nSPS) is 10.7. The molecule has 0 spiro atoms. The molecule has 1 amide bonds. The molecule has 116 valence electrons. The Morgan fingerprint density at radius 3 is 2.70 bits per heavy atom. The third kappa shape index (κ3) is 2.55. The van der Waals surface area contributed by atoms with Gasteiger partial charge in [0.25, 0.3) is 5.91 Å². The standard InChI is InChI=1S/C17H17N5O/c1-9-3-5-12(16(19)23)15(18)14(9)10-4-6-13-11(7-10)8-21-17(20-2)22-13/h3-8H,18H2,1-2H3,(H2,19,23)(H,20,21,22). The Bertz CT molecular complexity index is 920. The first kappa shape index (κ1) is 14.8. The van der Waals surface area contributed by atoms with Crippen LogP contribution in [0.3, 0.4) is 0 Å². The van der Waals surface area contributed by atoms with Gasteiger partial charge in [-0.15, -0.1) is 0 Å². The summed E-state index contributed by atoms with van der Waals surface area (Å²) < 4.78 is 0. The minimum absolute atomic E-state index is 0.326. The summed E-state index contributed by atoms with van der Waals surface area (Å²) in [6.07, 6.45) is 1.75. The van der Waals surface area contributed by atoms with Crippen LogP contribution >= 0.6 is 0 Å². The highest BCUT2D eigenvalue weighted by Crippen LogP contribution is 2.33. The summed E-state index contributed by atoms with van der Waals surface area (Å²) in [7, 11) is 1.77. The fourth-order valence-corrected chi connectivity index (χ4v) is 2.64. The number of carbonyl (C=O) groups is 1. The van der Waals surface area contributed by atoms with Gasteiger partial charge in [-0.2, -0.15) is 0 Å². The van der Waals surface area contributed by atoms with Gasteiger partial charge in [-0.3, -0.25) is 4.79 Å². The predicted octanol–water partition coefficient (Wildman–Crippen LogP) is 2.33. The Morgan fingerprint density at radius 1 is 1.22 bits per heavy atom. The number of anilines is 2. The molecule has 0 atom stereocenters. The van der Waals surface area contributed by atoms with Crippen LogP contribution in [0.1, 0.15) is 15.9 Å². The number of benzene rings is 2. The number of hydrogen-bond donors (Lipinski definition) is 3. The first-order chi connectivity index (χ1) is 11.0. The Hall–Kier alpha value is -3.15. The molecule has 2 aromatic carbocycles. The van der Waals surface area contributed by atoms with Crippen LogP contribution in [0.5, 0.6) is 0 Å². The first-order valence-corrected chi connectivity index (χ1v) is 7.15. The highest BCUT2D eigenvalue weighted by Gasteiger charge is 2.14. The fraction of sp³-hybridized carbons (Fsp3) is 0.118. The van der Waals surface area contributed by atoms with Crippen LogP contribution in [0.4, 0.5) is 11.6 Å². The van der Waals surface area contributed by atoms with Crippen LogP contribution in [0.2, 0.25) is 0 Å². The molecule has 3 rings (SSSR count). The lowest BCUT2D eigenvalue weighted by molar-refractivity contribution is 0.100. The smallest absolute Gasteiger partial charge is 0.250 e. The molecule has 0 aliphatic carbocycles. The molecule has 0 fully saturated rings. The van der Waals surface area contributed by atoms with E-state index in [0.29, 0.717) is 17.2 Å².